The highest BCUT2D eigenvalue weighted by atomic mass is 32.2. The van der Waals surface area contributed by atoms with Gasteiger partial charge in [0.1, 0.15) is 5.82 Å². The first kappa shape index (κ1) is 20.7. The molecule has 4 aromatic rings. The van der Waals surface area contributed by atoms with Crippen molar-refractivity contribution < 1.29 is 9.13 Å². The minimum Gasteiger partial charge on any atom is -0.371 e. The maximum Gasteiger partial charge on any atom is 0.328 e. The number of aromatic amines is 1. The van der Waals surface area contributed by atoms with Gasteiger partial charge in [-0.1, -0.05) is 42.5 Å². The molecule has 7 heteroatoms. The quantitative estimate of drug-likeness (QED) is 0.500. The summed E-state index contributed by atoms with van der Waals surface area (Å²) in [5.74, 6) is 0.308. The fraction of sp³-hybridized carbons (Fsp3) is 0.200. The minimum absolute atomic E-state index is 0.221. The van der Waals surface area contributed by atoms with Crippen molar-refractivity contribution in [3.05, 3.63) is 98.4 Å². The number of thioether (sulfide) groups is 1. The summed E-state index contributed by atoms with van der Waals surface area (Å²) in [7, 11) is 0. The number of benzene rings is 3. The van der Waals surface area contributed by atoms with Gasteiger partial charge < -0.3 is 4.74 Å². The van der Waals surface area contributed by atoms with Gasteiger partial charge in [-0.2, -0.15) is 0 Å². The summed E-state index contributed by atoms with van der Waals surface area (Å²) < 4.78 is 21.3. The van der Waals surface area contributed by atoms with E-state index in [2.05, 4.69) is 4.98 Å². The Morgan fingerprint density at radius 2 is 1.88 bits per heavy atom. The molecule has 0 unspecified atom stereocenters. The molecular weight excluding hydrogens is 427 g/mol. The average Bonchev–Trinajstić information content (AvgIpc) is 2.98. The molecule has 0 aliphatic carbocycles. The molecule has 1 N–H and O–H groups in total. The SMILES string of the molecule is Cc1cc2c(=O)[nH]c(=O)n3c2c(c1-c1ccc(F)cc1)SC[C@@H](OCc1ccccc1)C3. The van der Waals surface area contributed by atoms with Crippen molar-refractivity contribution in [2.45, 2.75) is 31.1 Å². The number of nitrogens with one attached hydrogen (secondary N) is 1. The van der Waals surface area contributed by atoms with E-state index in [1.54, 1.807) is 34.5 Å². The van der Waals surface area contributed by atoms with Crippen molar-refractivity contribution in [1.82, 2.24) is 9.55 Å². The standard InChI is InChI=1S/C25H21FN2O3S/c1-15-11-20-22-23(21(15)17-7-9-18(26)10-8-17)32-14-19(12-28(22)25(30)27-24(20)29)31-13-16-5-3-2-4-6-16/h2-11,19H,12-14H2,1H3,(H,27,29,30)/t19-/m0/s1. The lowest BCUT2D eigenvalue weighted by Crippen LogP contribution is -2.34. The van der Waals surface area contributed by atoms with Crippen LogP contribution in [0, 0.1) is 12.7 Å². The second kappa shape index (κ2) is 8.41. The van der Waals surface area contributed by atoms with Gasteiger partial charge in [0.2, 0.25) is 0 Å². The molecule has 0 saturated carbocycles. The fourth-order valence-corrected chi connectivity index (χ4v) is 5.50. The third kappa shape index (κ3) is 3.78. The van der Waals surface area contributed by atoms with E-state index < -0.39 is 11.2 Å². The van der Waals surface area contributed by atoms with Gasteiger partial charge in [0.05, 0.1) is 30.2 Å². The molecule has 1 aliphatic rings. The van der Waals surface area contributed by atoms with Crippen molar-refractivity contribution >= 4 is 22.7 Å². The number of rotatable bonds is 4. The summed E-state index contributed by atoms with van der Waals surface area (Å²) in [5.41, 5.74) is 3.46. The van der Waals surface area contributed by atoms with E-state index in [9.17, 15) is 14.0 Å². The number of nitrogens with zero attached hydrogens (tertiary/aromatic N) is 1. The monoisotopic (exact) mass is 448 g/mol. The molecule has 162 valence electrons. The Hall–Kier alpha value is -3.16. The van der Waals surface area contributed by atoms with E-state index in [0.29, 0.717) is 29.8 Å². The van der Waals surface area contributed by atoms with Gasteiger partial charge in [0, 0.05) is 16.2 Å². The van der Waals surface area contributed by atoms with Crippen LogP contribution in [0.1, 0.15) is 11.1 Å². The molecule has 1 aromatic heterocycles. The van der Waals surface area contributed by atoms with E-state index in [4.69, 9.17) is 4.74 Å². The predicted octanol–water partition coefficient (Wildman–Crippen LogP) is 4.50. The van der Waals surface area contributed by atoms with Gasteiger partial charge in [0.15, 0.2) is 0 Å². The van der Waals surface area contributed by atoms with Crippen LogP contribution in [-0.2, 0) is 17.9 Å². The number of ether oxygens (including phenoxy) is 1. The van der Waals surface area contributed by atoms with Gasteiger partial charge in [-0.05, 0) is 41.8 Å². The number of aryl methyl sites for hydroxylation is 1. The summed E-state index contributed by atoms with van der Waals surface area (Å²) in [6, 6.07) is 18.0. The smallest absolute Gasteiger partial charge is 0.328 e. The second-order valence-corrected chi connectivity index (χ2v) is 8.93. The molecule has 0 bridgehead atoms. The lowest BCUT2D eigenvalue weighted by molar-refractivity contribution is 0.0454. The van der Waals surface area contributed by atoms with Crippen molar-refractivity contribution in [1.29, 1.82) is 0 Å². The maximum atomic E-state index is 13.5. The molecule has 1 aliphatic heterocycles. The Kier molecular flexibility index (Phi) is 5.45. The van der Waals surface area contributed by atoms with Crippen molar-refractivity contribution in [3.63, 3.8) is 0 Å². The van der Waals surface area contributed by atoms with Crippen LogP contribution in [0.4, 0.5) is 4.39 Å². The van der Waals surface area contributed by atoms with E-state index in [1.807, 2.05) is 37.3 Å². The maximum absolute atomic E-state index is 13.5. The van der Waals surface area contributed by atoms with Gasteiger partial charge in [-0.15, -0.1) is 11.8 Å². The first-order valence-electron chi connectivity index (χ1n) is 10.4. The van der Waals surface area contributed by atoms with Gasteiger partial charge in [0.25, 0.3) is 5.56 Å². The molecule has 0 fully saturated rings. The zero-order chi connectivity index (χ0) is 22.2. The summed E-state index contributed by atoms with van der Waals surface area (Å²) in [6.07, 6.45) is -0.221. The van der Waals surface area contributed by atoms with E-state index in [0.717, 1.165) is 27.1 Å². The molecule has 0 spiro atoms. The van der Waals surface area contributed by atoms with Crippen LogP contribution >= 0.6 is 11.8 Å². The third-order valence-electron chi connectivity index (χ3n) is 5.69. The van der Waals surface area contributed by atoms with Crippen LogP contribution in [0.25, 0.3) is 22.0 Å². The van der Waals surface area contributed by atoms with Crippen LogP contribution in [0.15, 0.2) is 75.1 Å². The lowest BCUT2D eigenvalue weighted by Gasteiger charge is -2.17. The Morgan fingerprint density at radius 3 is 2.62 bits per heavy atom. The van der Waals surface area contributed by atoms with Gasteiger partial charge in [-0.25, -0.2) is 9.18 Å². The molecule has 0 radical (unpaired) electrons. The average molecular weight is 449 g/mol. The Bertz CT molecular complexity index is 1410. The molecular formula is C25H21FN2O3S. The van der Waals surface area contributed by atoms with Crippen molar-refractivity contribution in [3.8, 4) is 11.1 Å². The number of hydrogen-bond acceptors (Lipinski definition) is 4. The normalized spacial score (nSPS) is 15.6. The van der Waals surface area contributed by atoms with E-state index >= 15 is 0 Å². The molecule has 32 heavy (non-hydrogen) atoms. The molecule has 3 aromatic carbocycles. The van der Waals surface area contributed by atoms with Gasteiger partial charge >= 0.3 is 5.69 Å². The van der Waals surface area contributed by atoms with Gasteiger partial charge in [-0.3, -0.25) is 14.3 Å². The lowest BCUT2D eigenvalue weighted by atomic mass is 9.98. The molecule has 1 atom stereocenters. The fourth-order valence-electron chi connectivity index (χ4n) is 4.16. The number of aromatic nitrogens is 2. The largest absolute Gasteiger partial charge is 0.371 e. The number of hydrogen-bond donors (Lipinski definition) is 1. The molecule has 5 nitrogen and oxygen atoms in total. The molecule has 2 heterocycles. The molecule has 0 amide bonds. The predicted molar refractivity (Wildman–Crippen MR) is 125 cm³/mol. The summed E-state index contributed by atoms with van der Waals surface area (Å²) in [5, 5.41) is 0.471. The Balaban J connectivity index is 1.63. The summed E-state index contributed by atoms with van der Waals surface area (Å²) >= 11 is 1.57. The second-order valence-electron chi connectivity index (χ2n) is 7.90. The first-order valence-corrected chi connectivity index (χ1v) is 11.3. The third-order valence-corrected chi connectivity index (χ3v) is 6.92. The molecule has 0 saturated heterocycles. The van der Waals surface area contributed by atoms with Crippen LogP contribution in [0.5, 0.6) is 0 Å². The highest BCUT2D eigenvalue weighted by Gasteiger charge is 2.25. The zero-order valence-corrected chi connectivity index (χ0v) is 18.2. The Labute approximate surface area is 187 Å². The van der Waals surface area contributed by atoms with Crippen molar-refractivity contribution in [2.75, 3.05) is 5.75 Å². The van der Waals surface area contributed by atoms with Crippen molar-refractivity contribution in [2.24, 2.45) is 0 Å². The van der Waals surface area contributed by atoms with E-state index in [-0.39, 0.29) is 11.9 Å². The van der Waals surface area contributed by atoms with E-state index in [1.165, 1.54) is 12.1 Å². The van der Waals surface area contributed by atoms with Crippen LogP contribution < -0.4 is 11.2 Å². The molecule has 5 rings (SSSR count). The van der Waals surface area contributed by atoms with Crippen LogP contribution in [-0.4, -0.2) is 21.4 Å². The Morgan fingerprint density at radius 1 is 1.12 bits per heavy atom. The highest BCUT2D eigenvalue weighted by molar-refractivity contribution is 7.99. The highest BCUT2D eigenvalue weighted by Crippen LogP contribution is 2.41. The summed E-state index contributed by atoms with van der Waals surface area (Å²) in [4.78, 5) is 28.7. The topological polar surface area (TPSA) is 64.1 Å². The van der Waals surface area contributed by atoms with Crippen LogP contribution in [0.2, 0.25) is 0 Å². The minimum atomic E-state index is -0.450. The van der Waals surface area contributed by atoms with Crippen LogP contribution in [0.3, 0.4) is 0 Å². The summed E-state index contributed by atoms with van der Waals surface area (Å²) in [6.45, 7) is 2.71. The number of halogens is 1. The zero-order valence-electron chi connectivity index (χ0n) is 17.4. The number of H-pyrrole nitrogens is 1. The first-order chi connectivity index (χ1) is 15.5.